The third kappa shape index (κ3) is 5.72. The van der Waals surface area contributed by atoms with Crippen molar-refractivity contribution in [1.29, 1.82) is 0 Å². The topological polar surface area (TPSA) is 84.7 Å². The molecule has 5 rings (SSSR count). The van der Waals surface area contributed by atoms with Crippen LogP contribution < -0.4 is 10.1 Å². The Hall–Kier alpha value is -3.33. The smallest absolute Gasteiger partial charge is 0.233 e. The molecule has 7 nitrogen and oxygen atoms in total. The zero-order valence-corrected chi connectivity index (χ0v) is 22.7. The molecule has 1 aromatic heterocycles. The van der Waals surface area contributed by atoms with Crippen molar-refractivity contribution in [2.24, 2.45) is 0 Å². The summed E-state index contributed by atoms with van der Waals surface area (Å²) < 4.78 is 38.7. The van der Waals surface area contributed by atoms with Crippen LogP contribution >= 0.6 is 11.6 Å². The Balaban J connectivity index is 1.51. The van der Waals surface area contributed by atoms with Crippen LogP contribution in [0.5, 0.6) is 5.75 Å². The van der Waals surface area contributed by atoms with Crippen molar-refractivity contribution in [2.45, 2.75) is 35.2 Å². The van der Waals surface area contributed by atoms with Gasteiger partial charge in [0.2, 0.25) is 26.6 Å². The first-order chi connectivity index (χ1) is 18.5. The van der Waals surface area contributed by atoms with Crippen molar-refractivity contribution >= 4 is 27.3 Å². The van der Waals surface area contributed by atoms with E-state index in [1.807, 2.05) is 12.1 Å². The van der Waals surface area contributed by atoms with Gasteiger partial charge in [0.05, 0.1) is 18.0 Å². The number of methoxy groups -OCH3 is 1. The molecule has 198 valence electrons. The molecule has 0 radical (unpaired) electrons. The summed E-state index contributed by atoms with van der Waals surface area (Å²) in [5.74, 6) is 1.12. The number of piperidine rings is 1. The van der Waals surface area contributed by atoms with E-state index in [0.717, 1.165) is 37.2 Å². The summed E-state index contributed by atoms with van der Waals surface area (Å²) in [5, 5.41) is 3.74. The van der Waals surface area contributed by atoms with Gasteiger partial charge in [0, 0.05) is 17.1 Å². The molecule has 0 spiro atoms. The number of rotatable bonds is 9. The SMILES string of the molecule is COc1ccc(C(CNc2oc(-c3ccc(Cl)cc3)nc2S(=O)(=O)c2ccccc2)N2CCCCC2)cc1. The number of sulfone groups is 1. The van der Waals surface area contributed by atoms with Gasteiger partial charge in [-0.2, -0.15) is 4.98 Å². The monoisotopic (exact) mass is 551 g/mol. The van der Waals surface area contributed by atoms with Crippen LogP contribution in [-0.2, 0) is 9.84 Å². The fraction of sp³-hybridized carbons (Fsp3) is 0.276. The number of hydrogen-bond acceptors (Lipinski definition) is 7. The first kappa shape index (κ1) is 26.3. The molecule has 1 saturated heterocycles. The van der Waals surface area contributed by atoms with Gasteiger partial charge < -0.3 is 14.5 Å². The summed E-state index contributed by atoms with van der Waals surface area (Å²) in [5.41, 5.74) is 1.75. The van der Waals surface area contributed by atoms with Gasteiger partial charge in [-0.25, -0.2) is 8.42 Å². The minimum Gasteiger partial charge on any atom is -0.497 e. The van der Waals surface area contributed by atoms with E-state index in [2.05, 4.69) is 27.3 Å². The van der Waals surface area contributed by atoms with Crippen molar-refractivity contribution in [3.05, 3.63) is 89.4 Å². The summed E-state index contributed by atoms with van der Waals surface area (Å²) in [6, 6.07) is 23.2. The summed E-state index contributed by atoms with van der Waals surface area (Å²) in [6.07, 6.45) is 3.47. The number of aromatic nitrogens is 1. The number of nitrogens with one attached hydrogen (secondary N) is 1. The Morgan fingerprint density at radius 1 is 0.974 bits per heavy atom. The Morgan fingerprint density at radius 2 is 1.66 bits per heavy atom. The molecule has 9 heteroatoms. The fourth-order valence-corrected chi connectivity index (χ4v) is 6.16. The van der Waals surface area contributed by atoms with Gasteiger partial charge >= 0.3 is 0 Å². The lowest BCUT2D eigenvalue weighted by atomic mass is 10.0. The molecule has 1 aliphatic heterocycles. The number of anilines is 1. The maximum Gasteiger partial charge on any atom is 0.233 e. The molecule has 0 aliphatic carbocycles. The van der Waals surface area contributed by atoms with Gasteiger partial charge in [-0.3, -0.25) is 4.90 Å². The fourth-order valence-electron chi connectivity index (χ4n) is 4.73. The average molecular weight is 552 g/mol. The standard InChI is InChI=1S/C29H30ClN3O4S/c1-36-24-16-12-21(13-17-24)26(33-18-6-3-7-19-33)20-31-28-29(38(34,35)25-8-4-2-5-9-25)32-27(37-28)22-10-14-23(30)15-11-22/h2,4-5,8-17,26,31H,3,6-7,18-20H2,1H3. The summed E-state index contributed by atoms with van der Waals surface area (Å²) in [7, 11) is -2.29. The molecule has 1 N–H and O–H groups in total. The van der Waals surface area contributed by atoms with Gasteiger partial charge in [-0.1, -0.05) is 48.4 Å². The molecular formula is C29H30ClN3O4S. The van der Waals surface area contributed by atoms with Crippen LogP contribution in [0.3, 0.4) is 0 Å². The highest BCUT2D eigenvalue weighted by Crippen LogP contribution is 2.34. The summed E-state index contributed by atoms with van der Waals surface area (Å²) in [4.78, 5) is 7.04. The van der Waals surface area contributed by atoms with Crippen molar-refractivity contribution in [2.75, 3.05) is 32.1 Å². The van der Waals surface area contributed by atoms with E-state index in [9.17, 15) is 8.42 Å². The zero-order valence-electron chi connectivity index (χ0n) is 21.1. The number of nitrogens with zero attached hydrogens (tertiary/aromatic N) is 2. The summed E-state index contributed by atoms with van der Waals surface area (Å²) >= 11 is 6.05. The number of halogens is 1. The second-order valence-electron chi connectivity index (χ2n) is 9.24. The van der Waals surface area contributed by atoms with Crippen molar-refractivity contribution in [1.82, 2.24) is 9.88 Å². The highest BCUT2D eigenvalue weighted by Gasteiger charge is 2.30. The van der Waals surface area contributed by atoms with Crippen molar-refractivity contribution in [3.63, 3.8) is 0 Å². The summed E-state index contributed by atoms with van der Waals surface area (Å²) in [6.45, 7) is 2.39. The molecule has 1 fully saturated rings. The first-order valence-corrected chi connectivity index (χ1v) is 14.5. The lowest BCUT2D eigenvalue weighted by Gasteiger charge is -2.35. The van der Waals surface area contributed by atoms with Crippen molar-refractivity contribution in [3.8, 4) is 17.2 Å². The van der Waals surface area contributed by atoms with E-state index >= 15 is 0 Å². The largest absolute Gasteiger partial charge is 0.497 e. The van der Waals surface area contributed by atoms with Crippen LogP contribution in [0.4, 0.5) is 5.88 Å². The normalized spacial score (nSPS) is 15.2. The van der Waals surface area contributed by atoms with E-state index in [0.29, 0.717) is 17.1 Å². The maximum absolute atomic E-state index is 13.6. The second-order valence-corrected chi connectivity index (χ2v) is 11.5. The van der Waals surface area contributed by atoms with Crippen LogP contribution in [0, 0.1) is 0 Å². The average Bonchev–Trinajstić information content (AvgIpc) is 3.40. The van der Waals surface area contributed by atoms with E-state index in [-0.39, 0.29) is 27.7 Å². The third-order valence-corrected chi connectivity index (χ3v) is 8.71. The van der Waals surface area contributed by atoms with Crippen LogP contribution in [0.15, 0.2) is 93.2 Å². The van der Waals surface area contributed by atoms with Crippen LogP contribution in [-0.4, -0.2) is 45.0 Å². The van der Waals surface area contributed by atoms with Gasteiger partial charge in [-0.05, 0) is 80.0 Å². The molecule has 0 saturated carbocycles. The number of benzene rings is 3. The van der Waals surface area contributed by atoms with Gasteiger partial charge in [-0.15, -0.1) is 0 Å². The molecule has 1 unspecified atom stereocenters. The van der Waals surface area contributed by atoms with Gasteiger partial charge in [0.25, 0.3) is 0 Å². The molecule has 1 atom stereocenters. The molecule has 0 amide bonds. The van der Waals surface area contributed by atoms with E-state index in [4.69, 9.17) is 20.8 Å². The first-order valence-electron chi connectivity index (χ1n) is 12.6. The number of likely N-dealkylation sites (tertiary alicyclic amines) is 1. The molecule has 1 aliphatic rings. The molecule has 2 heterocycles. The third-order valence-electron chi connectivity index (χ3n) is 6.78. The quantitative estimate of drug-likeness (QED) is 0.255. The highest BCUT2D eigenvalue weighted by atomic mass is 35.5. The highest BCUT2D eigenvalue weighted by molar-refractivity contribution is 7.91. The Bertz CT molecular complexity index is 1450. The second kappa shape index (κ2) is 11.6. The van der Waals surface area contributed by atoms with Crippen LogP contribution in [0.2, 0.25) is 5.02 Å². The lowest BCUT2D eigenvalue weighted by Crippen LogP contribution is -2.37. The Labute approximate surface area is 228 Å². The lowest BCUT2D eigenvalue weighted by molar-refractivity contribution is 0.170. The zero-order chi connectivity index (χ0) is 26.5. The van der Waals surface area contributed by atoms with Gasteiger partial charge in [0.15, 0.2) is 0 Å². The predicted octanol–water partition coefficient (Wildman–Crippen LogP) is 6.48. The van der Waals surface area contributed by atoms with Crippen LogP contribution in [0.1, 0.15) is 30.9 Å². The van der Waals surface area contributed by atoms with Crippen molar-refractivity contribution < 1.29 is 17.6 Å². The predicted molar refractivity (Wildman–Crippen MR) is 148 cm³/mol. The molecule has 0 bridgehead atoms. The molecule has 3 aromatic carbocycles. The van der Waals surface area contributed by atoms with E-state index in [1.165, 1.54) is 6.42 Å². The molecule has 38 heavy (non-hydrogen) atoms. The minimum atomic E-state index is -3.93. The Morgan fingerprint density at radius 3 is 2.32 bits per heavy atom. The Kier molecular flexibility index (Phi) is 8.02. The maximum atomic E-state index is 13.6. The van der Waals surface area contributed by atoms with Gasteiger partial charge in [0.1, 0.15) is 5.75 Å². The number of ether oxygens (including phenoxy) is 1. The van der Waals surface area contributed by atoms with Crippen LogP contribution in [0.25, 0.3) is 11.5 Å². The minimum absolute atomic E-state index is 0.0116. The number of hydrogen-bond donors (Lipinski definition) is 1. The number of oxazole rings is 1. The molecule has 4 aromatic rings. The molecular weight excluding hydrogens is 522 g/mol. The van der Waals surface area contributed by atoms with E-state index in [1.54, 1.807) is 61.7 Å². The van der Waals surface area contributed by atoms with E-state index < -0.39 is 9.84 Å².